The van der Waals surface area contributed by atoms with Crippen LogP contribution in [0.1, 0.15) is 5.56 Å². The fraction of sp³-hybridized carbons (Fsp3) is 0.0769. The molecule has 0 amide bonds. The molecule has 2 nitrogen and oxygen atoms in total. The Morgan fingerprint density at radius 1 is 1.05 bits per heavy atom. The zero-order valence-corrected chi connectivity index (χ0v) is 11.5. The van der Waals surface area contributed by atoms with Gasteiger partial charge in [-0.1, -0.05) is 0 Å². The second kappa shape index (κ2) is 5.13. The van der Waals surface area contributed by atoms with Crippen molar-refractivity contribution in [2.24, 2.45) is 0 Å². The number of rotatable bonds is 2. The van der Waals surface area contributed by atoms with E-state index in [4.69, 9.17) is 5.73 Å². The number of halogens is 4. The molecule has 0 aliphatic carbocycles. The van der Waals surface area contributed by atoms with Gasteiger partial charge in [0.05, 0.1) is 11.4 Å². The van der Waals surface area contributed by atoms with E-state index in [1.54, 1.807) is 19.1 Å². The summed E-state index contributed by atoms with van der Waals surface area (Å²) in [6.07, 6.45) is 0. The van der Waals surface area contributed by atoms with Crippen molar-refractivity contribution in [1.29, 1.82) is 0 Å². The highest BCUT2D eigenvalue weighted by Gasteiger charge is 2.14. The van der Waals surface area contributed by atoms with Gasteiger partial charge in [0, 0.05) is 10.2 Å². The van der Waals surface area contributed by atoms with Crippen LogP contribution in [-0.2, 0) is 0 Å². The lowest BCUT2D eigenvalue weighted by atomic mass is 10.1. The van der Waals surface area contributed by atoms with E-state index < -0.39 is 17.5 Å². The van der Waals surface area contributed by atoms with Crippen LogP contribution in [0.5, 0.6) is 0 Å². The molecule has 0 saturated carbocycles. The summed E-state index contributed by atoms with van der Waals surface area (Å²) in [7, 11) is 0. The maximum Gasteiger partial charge on any atom is 0.196 e. The summed E-state index contributed by atoms with van der Waals surface area (Å²) in [4.78, 5) is 0. The van der Waals surface area contributed by atoms with Gasteiger partial charge in [-0.3, -0.25) is 0 Å². The summed E-state index contributed by atoms with van der Waals surface area (Å²) in [5.41, 5.74) is 7.44. The minimum atomic E-state index is -1.51. The van der Waals surface area contributed by atoms with Crippen molar-refractivity contribution in [1.82, 2.24) is 0 Å². The van der Waals surface area contributed by atoms with Gasteiger partial charge in [-0.2, -0.15) is 0 Å². The highest BCUT2D eigenvalue weighted by atomic mass is 79.9. The van der Waals surface area contributed by atoms with Crippen molar-refractivity contribution in [2.45, 2.75) is 6.92 Å². The lowest BCUT2D eigenvalue weighted by Crippen LogP contribution is -2.00. The first-order valence-corrected chi connectivity index (χ1v) is 6.15. The van der Waals surface area contributed by atoms with Crippen molar-refractivity contribution in [2.75, 3.05) is 11.1 Å². The lowest BCUT2D eigenvalue weighted by molar-refractivity contribution is 0.449. The van der Waals surface area contributed by atoms with Crippen LogP contribution < -0.4 is 11.1 Å². The Hall–Kier alpha value is -1.69. The van der Waals surface area contributed by atoms with E-state index >= 15 is 0 Å². The minimum Gasteiger partial charge on any atom is -0.398 e. The Balaban J connectivity index is 2.42. The summed E-state index contributed by atoms with van der Waals surface area (Å²) in [5, 5.41) is 2.69. The van der Waals surface area contributed by atoms with Crippen LogP contribution in [0.4, 0.5) is 30.2 Å². The molecule has 0 aliphatic heterocycles. The predicted octanol–water partition coefficient (Wildman–Crippen LogP) is 4.50. The number of nitrogens with two attached hydrogens (primary N) is 1. The van der Waals surface area contributed by atoms with Gasteiger partial charge in [0.25, 0.3) is 0 Å². The van der Waals surface area contributed by atoms with Gasteiger partial charge in [-0.25, -0.2) is 13.2 Å². The third-order valence-electron chi connectivity index (χ3n) is 2.66. The Labute approximate surface area is 116 Å². The third-order valence-corrected chi connectivity index (χ3v) is 3.32. The van der Waals surface area contributed by atoms with Gasteiger partial charge in [0.15, 0.2) is 17.5 Å². The van der Waals surface area contributed by atoms with Gasteiger partial charge in [-0.15, -0.1) is 0 Å². The van der Waals surface area contributed by atoms with E-state index in [9.17, 15) is 13.2 Å². The number of nitrogen functional groups attached to an aromatic ring is 1. The smallest absolute Gasteiger partial charge is 0.196 e. The van der Waals surface area contributed by atoms with E-state index in [0.717, 1.165) is 17.7 Å². The zero-order chi connectivity index (χ0) is 14.2. The van der Waals surface area contributed by atoms with Crippen LogP contribution in [-0.4, -0.2) is 0 Å². The molecule has 0 radical (unpaired) electrons. The molecule has 2 aromatic rings. The molecule has 0 spiro atoms. The molecule has 0 fully saturated rings. The summed E-state index contributed by atoms with van der Waals surface area (Å²) in [6, 6.07) is 5.32. The standard InChI is InChI=1S/C13H10BrF3N2/c1-6-4-11(7(14)5-9(6)18)19-10-3-2-8(15)12(16)13(10)17/h2-5,19H,18H2,1H3. The average Bonchev–Trinajstić information content (AvgIpc) is 2.36. The first kappa shape index (κ1) is 13.7. The van der Waals surface area contributed by atoms with Gasteiger partial charge in [-0.05, 0) is 52.7 Å². The molecule has 0 atom stereocenters. The molecule has 0 saturated heterocycles. The minimum absolute atomic E-state index is 0.149. The van der Waals surface area contributed by atoms with E-state index in [2.05, 4.69) is 21.2 Å². The molecule has 0 bridgehead atoms. The topological polar surface area (TPSA) is 38.0 Å². The SMILES string of the molecule is Cc1cc(Nc2ccc(F)c(F)c2F)c(Br)cc1N. The lowest BCUT2D eigenvalue weighted by Gasteiger charge is -2.12. The number of hydrogen-bond donors (Lipinski definition) is 2. The average molecular weight is 331 g/mol. The number of anilines is 3. The van der Waals surface area contributed by atoms with Crippen molar-refractivity contribution >= 4 is 33.0 Å². The van der Waals surface area contributed by atoms with Crippen LogP contribution in [0, 0.1) is 24.4 Å². The second-order valence-electron chi connectivity index (χ2n) is 4.04. The number of nitrogens with one attached hydrogen (secondary N) is 1. The Morgan fingerprint density at radius 3 is 2.42 bits per heavy atom. The van der Waals surface area contributed by atoms with E-state index in [1.165, 1.54) is 0 Å². The molecule has 6 heteroatoms. The van der Waals surface area contributed by atoms with Crippen molar-refractivity contribution in [3.05, 3.63) is 51.8 Å². The summed E-state index contributed by atoms with van der Waals surface area (Å²) in [6.45, 7) is 1.79. The number of hydrogen-bond acceptors (Lipinski definition) is 2. The molecular formula is C13H10BrF3N2. The van der Waals surface area contributed by atoms with Gasteiger partial charge < -0.3 is 11.1 Å². The summed E-state index contributed by atoms with van der Waals surface area (Å²) >= 11 is 3.26. The molecule has 0 heterocycles. The molecule has 2 rings (SSSR count). The fourth-order valence-electron chi connectivity index (χ4n) is 1.56. The highest BCUT2D eigenvalue weighted by molar-refractivity contribution is 9.10. The van der Waals surface area contributed by atoms with Gasteiger partial charge in [0.1, 0.15) is 0 Å². The maximum atomic E-state index is 13.5. The van der Waals surface area contributed by atoms with Crippen LogP contribution in [0.3, 0.4) is 0 Å². The Kier molecular flexibility index (Phi) is 3.71. The fourth-order valence-corrected chi connectivity index (χ4v) is 2.02. The van der Waals surface area contributed by atoms with E-state index in [-0.39, 0.29) is 5.69 Å². The number of benzene rings is 2. The Bertz CT molecular complexity index is 644. The van der Waals surface area contributed by atoms with Crippen molar-refractivity contribution in [3.63, 3.8) is 0 Å². The van der Waals surface area contributed by atoms with Gasteiger partial charge in [0.2, 0.25) is 0 Å². The first-order valence-electron chi connectivity index (χ1n) is 5.36. The zero-order valence-electron chi connectivity index (χ0n) is 9.90. The van der Waals surface area contributed by atoms with Crippen LogP contribution >= 0.6 is 15.9 Å². The van der Waals surface area contributed by atoms with Gasteiger partial charge >= 0.3 is 0 Å². The highest BCUT2D eigenvalue weighted by Crippen LogP contribution is 2.31. The molecule has 0 unspecified atom stereocenters. The first-order chi connectivity index (χ1) is 8.90. The van der Waals surface area contributed by atoms with Crippen LogP contribution in [0.25, 0.3) is 0 Å². The quantitative estimate of drug-likeness (QED) is 0.628. The molecular weight excluding hydrogens is 321 g/mol. The van der Waals surface area contributed by atoms with Crippen LogP contribution in [0.15, 0.2) is 28.7 Å². The monoisotopic (exact) mass is 330 g/mol. The van der Waals surface area contributed by atoms with E-state index in [0.29, 0.717) is 15.8 Å². The largest absolute Gasteiger partial charge is 0.398 e. The summed E-state index contributed by atoms with van der Waals surface area (Å²) < 4.78 is 40.1. The normalized spacial score (nSPS) is 10.6. The molecule has 0 aromatic heterocycles. The Morgan fingerprint density at radius 2 is 1.74 bits per heavy atom. The maximum absolute atomic E-state index is 13.5. The van der Waals surface area contributed by atoms with Crippen molar-refractivity contribution < 1.29 is 13.2 Å². The molecule has 19 heavy (non-hydrogen) atoms. The van der Waals surface area contributed by atoms with Crippen molar-refractivity contribution in [3.8, 4) is 0 Å². The van der Waals surface area contributed by atoms with Crippen LogP contribution in [0.2, 0.25) is 0 Å². The summed E-state index contributed by atoms with van der Waals surface area (Å²) in [5.74, 6) is -4.00. The second-order valence-corrected chi connectivity index (χ2v) is 4.89. The molecule has 0 aliphatic rings. The third kappa shape index (κ3) is 2.68. The predicted molar refractivity (Wildman–Crippen MR) is 72.9 cm³/mol. The molecule has 3 N–H and O–H groups in total. The molecule has 100 valence electrons. The number of aryl methyl sites for hydroxylation is 1. The molecule has 2 aromatic carbocycles. The van der Waals surface area contributed by atoms with E-state index in [1.807, 2.05) is 0 Å².